The van der Waals surface area contributed by atoms with Crippen LogP contribution < -0.4 is 0 Å². The molecule has 1 aromatic carbocycles. The Kier molecular flexibility index (Phi) is 3.41. The molecule has 1 atom stereocenters. The third-order valence-electron chi connectivity index (χ3n) is 4.06. The molecule has 0 radical (unpaired) electrons. The molecule has 3 aromatic rings. The van der Waals surface area contributed by atoms with Gasteiger partial charge in [-0.3, -0.25) is 9.48 Å². The number of hydrogen-bond donors (Lipinski definition) is 0. The lowest BCUT2D eigenvalue weighted by Gasteiger charge is -2.23. The molecule has 3 heterocycles. The minimum absolute atomic E-state index is 0.0827. The zero-order valence-corrected chi connectivity index (χ0v) is 12.4. The first-order chi connectivity index (χ1) is 11.3. The second-order valence-corrected chi connectivity index (χ2v) is 5.54. The summed E-state index contributed by atoms with van der Waals surface area (Å²) in [4.78, 5) is 18.9. The fraction of sp³-hybridized carbons (Fsp3) is 0.333. The van der Waals surface area contributed by atoms with E-state index in [9.17, 15) is 4.79 Å². The lowest BCUT2D eigenvalue weighted by molar-refractivity contribution is 0.0708. The summed E-state index contributed by atoms with van der Waals surface area (Å²) in [5.41, 5.74) is 1.36. The number of fused-ring (bicyclic) bond motifs is 1. The maximum atomic E-state index is 12.7. The van der Waals surface area contributed by atoms with Crippen molar-refractivity contribution in [3.63, 3.8) is 0 Å². The van der Waals surface area contributed by atoms with Crippen LogP contribution in [0.25, 0.3) is 11.0 Å². The van der Waals surface area contributed by atoms with Crippen LogP contribution in [0.1, 0.15) is 23.5 Å². The highest BCUT2D eigenvalue weighted by atomic mass is 16.2. The zero-order chi connectivity index (χ0) is 15.6. The van der Waals surface area contributed by atoms with Gasteiger partial charge in [-0.25, -0.2) is 4.98 Å². The summed E-state index contributed by atoms with van der Waals surface area (Å²) in [6.07, 6.45) is 5.34. The lowest BCUT2D eigenvalue weighted by atomic mass is 10.2. The van der Waals surface area contributed by atoms with Crippen LogP contribution in [0.2, 0.25) is 0 Å². The molecule has 8 heteroatoms. The molecule has 0 saturated carbocycles. The topological polar surface area (TPSA) is 89.7 Å². The van der Waals surface area contributed by atoms with Crippen molar-refractivity contribution in [2.75, 3.05) is 6.54 Å². The number of benzene rings is 1. The molecule has 8 nitrogen and oxygen atoms in total. The van der Waals surface area contributed by atoms with E-state index in [1.807, 2.05) is 29.2 Å². The quantitative estimate of drug-likeness (QED) is 0.714. The van der Waals surface area contributed by atoms with E-state index in [0.717, 1.165) is 12.8 Å². The van der Waals surface area contributed by atoms with Crippen LogP contribution in [-0.2, 0) is 6.54 Å². The van der Waals surface area contributed by atoms with Gasteiger partial charge in [0.25, 0.3) is 5.91 Å². The molecule has 1 saturated heterocycles. The largest absolute Gasteiger partial charge is 0.331 e. The molecule has 4 rings (SSSR count). The molecular weight excluding hydrogens is 294 g/mol. The third kappa shape index (κ3) is 2.63. The summed E-state index contributed by atoms with van der Waals surface area (Å²) < 4.78 is 1.75. The van der Waals surface area contributed by atoms with E-state index < -0.39 is 0 Å². The van der Waals surface area contributed by atoms with Gasteiger partial charge in [-0.1, -0.05) is 17.3 Å². The number of carbonyl (C=O) groups excluding carboxylic acids is 1. The van der Waals surface area contributed by atoms with E-state index in [0.29, 0.717) is 24.1 Å². The molecule has 0 aliphatic carbocycles. The number of aromatic nitrogens is 6. The Morgan fingerprint density at radius 2 is 2.09 bits per heavy atom. The van der Waals surface area contributed by atoms with Crippen molar-refractivity contribution in [2.45, 2.75) is 25.4 Å². The molecule has 0 unspecified atom stereocenters. The standard InChI is InChI=1S/C15H15N7O/c23-15(14-17-12-5-1-2-6-13(12)18-19-14)22-8-3-4-11(22)10-21-9-7-16-20-21/h1-2,5-7,9,11H,3-4,8,10H2/t11-/m0/s1. The highest BCUT2D eigenvalue weighted by Gasteiger charge is 2.31. The van der Waals surface area contributed by atoms with E-state index in [4.69, 9.17) is 0 Å². The molecule has 2 aromatic heterocycles. The first kappa shape index (κ1) is 13.7. The van der Waals surface area contributed by atoms with Gasteiger partial charge in [-0.15, -0.1) is 15.3 Å². The van der Waals surface area contributed by atoms with Crippen LogP contribution in [0.5, 0.6) is 0 Å². The second kappa shape index (κ2) is 5.71. The Balaban J connectivity index is 1.58. The minimum Gasteiger partial charge on any atom is -0.331 e. The molecule has 1 fully saturated rings. The number of hydrogen-bond acceptors (Lipinski definition) is 6. The molecule has 116 valence electrons. The maximum absolute atomic E-state index is 12.7. The first-order valence-corrected chi connectivity index (χ1v) is 7.56. The average Bonchev–Trinajstić information content (AvgIpc) is 3.26. The predicted molar refractivity (Wildman–Crippen MR) is 81.4 cm³/mol. The Morgan fingerprint density at radius 1 is 1.22 bits per heavy atom. The number of amides is 1. The minimum atomic E-state index is -0.175. The van der Waals surface area contributed by atoms with Gasteiger partial charge < -0.3 is 4.90 Å². The Hall–Kier alpha value is -2.90. The molecule has 0 N–H and O–H groups in total. The molecule has 1 aliphatic heterocycles. The van der Waals surface area contributed by atoms with Crippen LogP contribution >= 0.6 is 0 Å². The normalized spacial score (nSPS) is 17.7. The second-order valence-electron chi connectivity index (χ2n) is 5.54. The first-order valence-electron chi connectivity index (χ1n) is 7.56. The monoisotopic (exact) mass is 309 g/mol. The van der Waals surface area contributed by atoms with E-state index in [-0.39, 0.29) is 17.8 Å². The van der Waals surface area contributed by atoms with Crippen molar-refractivity contribution in [1.82, 2.24) is 35.1 Å². The number of nitrogens with zero attached hydrogens (tertiary/aromatic N) is 7. The SMILES string of the molecule is O=C(c1nnc2ccccc2n1)N1CCC[C@H]1Cn1ccnn1. The summed E-state index contributed by atoms with van der Waals surface area (Å²) in [5, 5.41) is 15.9. The molecule has 23 heavy (non-hydrogen) atoms. The molecule has 0 bridgehead atoms. The highest BCUT2D eigenvalue weighted by Crippen LogP contribution is 2.20. The van der Waals surface area contributed by atoms with Gasteiger partial charge in [-0.2, -0.15) is 0 Å². The fourth-order valence-electron chi connectivity index (χ4n) is 2.94. The number of carbonyl (C=O) groups is 1. The summed E-state index contributed by atoms with van der Waals surface area (Å²) in [5.74, 6) is -0.0277. The van der Waals surface area contributed by atoms with E-state index in [1.54, 1.807) is 17.1 Å². The molecule has 0 spiro atoms. The van der Waals surface area contributed by atoms with Crippen molar-refractivity contribution >= 4 is 16.9 Å². The number of para-hydroxylation sites is 1. The van der Waals surface area contributed by atoms with Gasteiger partial charge in [0.2, 0.25) is 5.82 Å². The van der Waals surface area contributed by atoms with E-state index in [2.05, 4.69) is 25.5 Å². The van der Waals surface area contributed by atoms with Gasteiger partial charge in [0.05, 0.1) is 24.3 Å². The maximum Gasteiger partial charge on any atom is 0.293 e. The van der Waals surface area contributed by atoms with Gasteiger partial charge >= 0.3 is 0 Å². The van der Waals surface area contributed by atoms with Crippen molar-refractivity contribution in [1.29, 1.82) is 0 Å². The van der Waals surface area contributed by atoms with Crippen LogP contribution in [0, 0.1) is 0 Å². The third-order valence-corrected chi connectivity index (χ3v) is 4.06. The van der Waals surface area contributed by atoms with Gasteiger partial charge in [0.1, 0.15) is 5.52 Å². The fourth-order valence-corrected chi connectivity index (χ4v) is 2.94. The van der Waals surface area contributed by atoms with Crippen LogP contribution in [0.4, 0.5) is 0 Å². The average molecular weight is 309 g/mol. The van der Waals surface area contributed by atoms with Gasteiger partial charge in [-0.05, 0) is 25.0 Å². The summed E-state index contributed by atoms with van der Waals surface area (Å²) in [6.45, 7) is 1.33. The molecule has 1 aliphatic rings. The van der Waals surface area contributed by atoms with Crippen molar-refractivity contribution < 1.29 is 4.79 Å². The Morgan fingerprint density at radius 3 is 2.91 bits per heavy atom. The van der Waals surface area contributed by atoms with Gasteiger partial charge in [0.15, 0.2) is 0 Å². The van der Waals surface area contributed by atoms with E-state index >= 15 is 0 Å². The Bertz CT molecular complexity index is 833. The van der Waals surface area contributed by atoms with Crippen molar-refractivity contribution in [3.8, 4) is 0 Å². The zero-order valence-electron chi connectivity index (χ0n) is 12.4. The van der Waals surface area contributed by atoms with Crippen molar-refractivity contribution in [3.05, 3.63) is 42.5 Å². The molecule has 1 amide bonds. The molecular formula is C15H15N7O. The summed E-state index contributed by atoms with van der Waals surface area (Å²) in [7, 11) is 0. The van der Waals surface area contributed by atoms with Crippen LogP contribution in [0.15, 0.2) is 36.7 Å². The summed E-state index contributed by atoms with van der Waals surface area (Å²) in [6, 6.07) is 7.48. The van der Waals surface area contributed by atoms with Crippen LogP contribution in [0.3, 0.4) is 0 Å². The summed E-state index contributed by atoms with van der Waals surface area (Å²) >= 11 is 0. The lowest BCUT2D eigenvalue weighted by Crippen LogP contribution is -2.39. The number of rotatable bonds is 3. The highest BCUT2D eigenvalue weighted by molar-refractivity contribution is 5.92. The van der Waals surface area contributed by atoms with Crippen LogP contribution in [-0.4, -0.2) is 53.6 Å². The van der Waals surface area contributed by atoms with Crippen molar-refractivity contribution in [2.24, 2.45) is 0 Å². The number of likely N-dealkylation sites (tertiary alicyclic amines) is 1. The predicted octanol–water partition coefficient (Wildman–Crippen LogP) is 0.921. The van der Waals surface area contributed by atoms with E-state index in [1.165, 1.54) is 0 Å². The van der Waals surface area contributed by atoms with Gasteiger partial charge in [0, 0.05) is 12.7 Å². The Labute approximate surface area is 132 Å². The smallest absolute Gasteiger partial charge is 0.293 e.